The van der Waals surface area contributed by atoms with E-state index in [0.29, 0.717) is 32.1 Å². The minimum absolute atomic E-state index is 0.0666. The van der Waals surface area contributed by atoms with Gasteiger partial charge in [0.1, 0.15) is 12.3 Å². The number of aldehydes is 1. The molecule has 3 N–H and O–H groups in total. The Labute approximate surface area is 230 Å². The van der Waals surface area contributed by atoms with Gasteiger partial charge in [-0.25, -0.2) is 4.79 Å². The summed E-state index contributed by atoms with van der Waals surface area (Å²) in [5.74, 6) is -4.99. The van der Waals surface area contributed by atoms with Crippen molar-refractivity contribution in [2.24, 2.45) is 5.92 Å². The molecule has 4 atom stereocenters. The van der Waals surface area contributed by atoms with Crippen LogP contribution in [0.1, 0.15) is 56.3 Å². The Bertz CT molecular complexity index is 1150. The number of nitrogens with one attached hydrogen (secondary N) is 3. The highest BCUT2D eigenvalue weighted by Crippen LogP contribution is 2.43. The fraction of sp³-hybridized carbons (Fsp3) is 0.444. The summed E-state index contributed by atoms with van der Waals surface area (Å²) in [6, 6.07) is 5.70. The highest BCUT2D eigenvalue weighted by Gasteiger charge is 2.46. The van der Waals surface area contributed by atoms with Crippen LogP contribution >= 0.6 is 11.6 Å². The number of hydrogen-bond donors (Lipinski definition) is 3. The second-order valence-electron chi connectivity index (χ2n) is 9.31. The van der Waals surface area contributed by atoms with Gasteiger partial charge in [0.05, 0.1) is 6.04 Å². The van der Waals surface area contributed by atoms with E-state index in [9.17, 15) is 19.2 Å². The molecule has 3 amide bonds. The van der Waals surface area contributed by atoms with Gasteiger partial charge in [-0.15, -0.1) is 0 Å². The van der Waals surface area contributed by atoms with Gasteiger partial charge in [0.25, 0.3) is 0 Å². The lowest BCUT2D eigenvalue weighted by Gasteiger charge is -2.28. The molecule has 2 aromatic rings. The molecule has 1 fully saturated rings. The molecule has 0 bridgehead atoms. The number of carbonyl (C=O) groups is 4. The Morgan fingerprint density at radius 1 is 1.28 bits per heavy atom. The highest BCUT2D eigenvalue weighted by molar-refractivity contribution is 6.30. The third kappa shape index (κ3) is 8.19. The maximum atomic E-state index is 15.6. The highest BCUT2D eigenvalue weighted by atomic mass is 35.5. The molecule has 39 heavy (non-hydrogen) atoms. The van der Waals surface area contributed by atoms with Gasteiger partial charge >= 0.3 is 12.0 Å². The number of unbranched alkanes of at least 4 members (excludes halogenated alkanes) is 1. The number of rotatable bonds is 13. The van der Waals surface area contributed by atoms with E-state index in [2.05, 4.69) is 20.9 Å². The van der Waals surface area contributed by atoms with Crippen molar-refractivity contribution in [3.63, 3.8) is 0 Å². The molecule has 0 unspecified atom stereocenters. The predicted octanol–water partition coefficient (Wildman–Crippen LogP) is 4.06. The van der Waals surface area contributed by atoms with E-state index in [1.165, 1.54) is 30.5 Å². The van der Waals surface area contributed by atoms with Gasteiger partial charge in [-0.1, -0.05) is 49.6 Å². The summed E-state index contributed by atoms with van der Waals surface area (Å²) in [5.41, 5.74) is -0.537. The molecule has 1 aliphatic heterocycles. The summed E-state index contributed by atoms with van der Waals surface area (Å²) in [6.45, 7) is 2.37. The second-order valence-corrected chi connectivity index (χ2v) is 9.74. The van der Waals surface area contributed by atoms with E-state index in [1.54, 1.807) is 0 Å². The number of halogens is 3. The molecule has 2 heterocycles. The molecule has 1 aliphatic rings. The Balaban J connectivity index is 1.76. The molecule has 0 spiro atoms. The number of nitrogens with zero attached hydrogens (tertiary/aromatic N) is 1. The van der Waals surface area contributed by atoms with Crippen LogP contribution in [0.5, 0.6) is 0 Å². The van der Waals surface area contributed by atoms with E-state index in [-0.39, 0.29) is 29.3 Å². The molecule has 12 heteroatoms. The van der Waals surface area contributed by atoms with Crippen LogP contribution in [0.3, 0.4) is 0 Å². The zero-order valence-electron chi connectivity index (χ0n) is 21.4. The first-order valence-corrected chi connectivity index (χ1v) is 13.1. The van der Waals surface area contributed by atoms with Crippen LogP contribution in [0.4, 0.5) is 13.6 Å². The Kier molecular flexibility index (Phi) is 10.7. The zero-order valence-corrected chi connectivity index (χ0v) is 22.1. The first-order chi connectivity index (χ1) is 18.6. The maximum absolute atomic E-state index is 15.6. The lowest BCUT2D eigenvalue weighted by molar-refractivity contribution is -0.129. The van der Waals surface area contributed by atoms with Gasteiger partial charge in [0.2, 0.25) is 11.8 Å². The Hall–Kier alpha value is -3.60. The van der Waals surface area contributed by atoms with E-state index in [0.717, 1.165) is 18.3 Å². The average molecular weight is 565 g/mol. The Morgan fingerprint density at radius 3 is 2.69 bits per heavy atom. The standard InChI is InChI=1S/C27H31ClF2N4O5/c1-2-3-9-22(25(37)33-21(16-35)13-17-10-12-32-24(17)36)34-26(38)39-23(18-6-5-11-31-15-18)27(29,30)19-7-4-8-20(28)14-19/h4-8,11,14-17,21-23H,2-3,9-10,12-13H2,1H3,(H,32,36)(H,33,37)(H,34,38)/t17-,21-,22-,23+/m0/s1. The van der Waals surface area contributed by atoms with Crippen LogP contribution in [0.2, 0.25) is 5.02 Å². The summed E-state index contributed by atoms with van der Waals surface area (Å²) < 4.78 is 36.5. The van der Waals surface area contributed by atoms with Crippen LogP contribution in [0.15, 0.2) is 48.8 Å². The fourth-order valence-corrected chi connectivity index (χ4v) is 4.49. The van der Waals surface area contributed by atoms with E-state index >= 15 is 8.78 Å². The van der Waals surface area contributed by atoms with Gasteiger partial charge in [0.15, 0.2) is 6.10 Å². The summed E-state index contributed by atoms with van der Waals surface area (Å²) in [5, 5.41) is 7.67. The van der Waals surface area contributed by atoms with Crippen molar-refractivity contribution >= 4 is 35.8 Å². The molecule has 210 valence electrons. The monoisotopic (exact) mass is 564 g/mol. The summed E-state index contributed by atoms with van der Waals surface area (Å²) in [4.78, 5) is 53.3. The molecule has 1 aromatic carbocycles. The molecule has 1 saturated heterocycles. The number of aromatic nitrogens is 1. The first-order valence-electron chi connectivity index (χ1n) is 12.7. The van der Waals surface area contributed by atoms with Crippen molar-refractivity contribution < 1.29 is 32.7 Å². The molecule has 3 rings (SSSR count). The molecule has 0 aliphatic carbocycles. The molecule has 0 radical (unpaired) electrons. The summed E-state index contributed by atoms with van der Waals surface area (Å²) in [7, 11) is 0. The normalized spacial score (nSPS) is 17.4. The number of hydrogen-bond acceptors (Lipinski definition) is 6. The van der Waals surface area contributed by atoms with Gasteiger partial charge in [-0.2, -0.15) is 8.78 Å². The number of alkyl carbamates (subject to hydrolysis) is 1. The SMILES string of the molecule is CCCC[C@H](NC(=O)O[C@H](c1cccnc1)C(F)(F)c1cccc(Cl)c1)C(=O)N[C@H](C=O)C[C@@H]1CCNC1=O. The largest absolute Gasteiger partial charge is 0.434 e. The van der Waals surface area contributed by atoms with Crippen molar-refractivity contribution in [2.75, 3.05) is 6.54 Å². The lowest BCUT2D eigenvalue weighted by atomic mass is 9.98. The van der Waals surface area contributed by atoms with Crippen LogP contribution in [0.25, 0.3) is 0 Å². The van der Waals surface area contributed by atoms with Crippen molar-refractivity contribution in [1.29, 1.82) is 0 Å². The van der Waals surface area contributed by atoms with Crippen molar-refractivity contribution in [1.82, 2.24) is 20.9 Å². The minimum Gasteiger partial charge on any atom is -0.434 e. The van der Waals surface area contributed by atoms with Gasteiger partial charge in [0, 0.05) is 41.0 Å². The van der Waals surface area contributed by atoms with E-state index in [1.807, 2.05) is 6.92 Å². The Morgan fingerprint density at radius 2 is 2.08 bits per heavy atom. The number of ether oxygens (including phenoxy) is 1. The number of pyridine rings is 1. The zero-order chi connectivity index (χ0) is 28.4. The maximum Gasteiger partial charge on any atom is 0.408 e. The molecule has 0 saturated carbocycles. The molecule has 1 aromatic heterocycles. The fourth-order valence-electron chi connectivity index (χ4n) is 4.30. The van der Waals surface area contributed by atoms with Crippen molar-refractivity contribution in [3.8, 4) is 0 Å². The molecule has 9 nitrogen and oxygen atoms in total. The third-order valence-electron chi connectivity index (χ3n) is 6.40. The van der Waals surface area contributed by atoms with E-state index < -0.39 is 47.6 Å². The number of carbonyl (C=O) groups excluding carboxylic acids is 4. The number of amides is 3. The average Bonchev–Trinajstić information content (AvgIpc) is 3.33. The predicted molar refractivity (Wildman–Crippen MR) is 139 cm³/mol. The smallest absolute Gasteiger partial charge is 0.408 e. The summed E-state index contributed by atoms with van der Waals surface area (Å²) >= 11 is 5.92. The lowest BCUT2D eigenvalue weighted by Crippen LogP contribution is -2.51. The van der Waals surface area contributed by atoms with Crippen LogP contribution in [0, 0.1) is 5.92 Å². The van der Waals surface area contributed by atoms with Crippen molar-refractivity contribution in [3.05, 3.63) is 64.9 Å². The van der Waals surface area contributed by atoms with Crippen LogP contribution in [-0.2, 0) is 25.0 Å². The van der Waals surface area contributed by atoms with Crippen molar-refractivity contribution in [2.45, 2.75) is 63.1 Å². The topological polar surface area (TPSA) is 126 Å². The third-order valence-corrected chi connectivity index (χ3v) is 6.63. The molecular weight excluding hydrogens is 534 g/mol. The first kappa shape index (κ1) is 29.9. The van der Waals surface area contributed by atoms with Gasteiger partial charge in [-0.3, -0.25) is 14.6 Å². The summed E-state index contributed by atoms with van der Waals surface area (Å²) in [6.07, 6.45) is 1.79. The molecular formula is C27H31ClF2N4O5. The van der Waals surface area contributed by atoms with Gasteiger partial charge < -0.3 is 25.5 Å². The quantitative estimate of drug-likeness (QED) is 0.315. The second kappa shape index (κ2) is 14.0. The number of benzene rings is 1. The number of alkyl halides is 2. The van der Waals surface area contributed by atoms with Crippen LogP contribution < -0.4 is 16.0 Å². The minimum atomic E-state index is -3.70. The van der Waals surface area contributed by atoms with Crippen LogP contribution in [-0.4, -0.2) is 47.8 Å². The van der Waals surface area contributed by atoms with Gasteiger partial charge in [-0.05, 0) is 37.5 Å². The van der Waals surface area contributed by atoms with E-state index in [4.69, 9.17) is 16.3 Å².